The van der Waals surface area contributed by atoms with E-state index in [1.54, 1.807) is 6.07 Å². The number of amidine groups is 2. The maximum atomic E-state index is 6.18. The lowest BCUT2D eigenvalue weighted by atomic mass is 10.0. The molecule has 1 aliphatic heterocycles. The third-order valence-corrected chi connectivity index (χ3v) is 5.83. The van der Waals surface area contributed by atoms with Crippen molar-refractivity contribution in [2.45, 2.75) is 19.0 Å². The van der Waals surface area contributed by atoms with E-state index in [2.05, 4.69) is 47.8 Å². The summed E-state index contributed by atoms with van der Waals surface area (Å²) >= 11 is 6.18. The highest BCUT2D eigenvalue weighted by Gasteiger charge is 2.21. The van der Waals surface area contributed by atoms with Crippen LogP contribution in [-0.4, -0.2) is 11.7 Å². The van der Waals surface area contributed by atoms with Crippen molar-refractivity contribution in [1.82, 2.24) is 5.32 Å². The van der Waals surface area contributed by atoms with Crippen molar-refractivity contribution in [3.8, 4) is 11.1 Å². The zero-order valence-electron chi connectivity index (χ0n) is 17.5. The van der Waals surface area contributed by atoms with Gasteiger partial charge in [0.2, 0.25) is 0 Å². The predicted octanol–water partition coefficient (Wildman–Crippen LogP) is 6.31. The normalized spacial score (nSPS) is 17.8. The van der Waals surface area contributed by atoms with E-state index in [4.69, 9.17) is 27.3 Å². The maximum Gasteiger partial charge on any atom is 0.169 e. The molecule has 2 aliphatic rings. The number of halogens is 1. The van der Waals surface area contributed by atoms with Crippen LogP contribution in [0, 0.1) is 0 Å². The van der Waals surface area contributed by atoms with Gasteiger partial charge in [-0.3, -0.25) is 0 Å². The van der Waals surface area contributed by atoms with Crippen molar-refractivity contribution >= 4 is 29.0 Å². The predicted molar refractivity (Wildman–Crippen MR) is 134 cm³/mol. The Kier molecular flexibility index (Phi) is 5.61. The number of nitrogens with zero attached hydrogens (tertiary/aromatic N) is 2. The maximum absolute atomic E-state index is 6.18. The molecule has 5 rings (SSSR count). The fourth-order valence-corrected chi connectivity index (χ4v) is 4.06. The molecule has 0 radical (unpaired) electrons. The minimum absolute atomic E-state index is 0.330. The van der Waals surface area contributed by atoms with Crippen LogP contribution in [0.3, 0.4) is 0 Å². The van der Waals surface area contributed by atoms with E-state index in [0.29, 0.717) is 10.7 Å². The Balaban J connectivity index is 1.52. The fraction of sp³-hybridized carbons (Fsp3) is 0.111. The van der Waals surface area contributed by atoms with Crippen molar-refractivity contribution in [1.29, 1.82) is 0 Å². The molecule has 0 bridgehead atoms. The summed E-state index contributed by atoms with van der Waals surface area (Å²) in [6.45, 7) is 0. The molecule has 3 aromatic rings. The van der Waals surface area contributed by atoms with Gasteiger partial charge in [0.1, 0.15) is 11.7 Å². The molecule has 0 saturated heterocycles. The van der Waals surface area contributed by atoms with E-state index in [9.17, 15) is 0 Å². The summed E-state index contributed by atoms with van der Waals surface area (Å²) in [5.74, 6) is 1.67. The highest BCUT2D eigenvalue weighted by Crippen LogP contribution is 2.31. The van der Waals surface area contributed by atoms with Crippen molar-refractivity contribution in [2.24, 2.45) is 9.98 Å². The van der Waals surface area contributed by atoms with E-state index in [-0.39, 0.29) is 6.17 Å². The molecule has 0 amide bonds. The first-order valence-corrected chi connectivity index (χ1v) is 11.1. The van der Waals surface area contributed by atoms with Crippen molar-refractivity contribution in [2.75, 3.05) is 5.73 Å². The van der Waals surface area contributed by atoms with Crippen LogP contribution in [0.25, 0.3) is 11.1 Å². The number of rotatable bonds is 4. The molecular weight excluding hydrogens is 416 g/mol. The second-order valence-electron chi connectivity index (χ2n) is 7.81. The molecule has 0 aromatic heterocycles. The number of hydrogen-bond donors (Lipinski definition) is 2. The zero-order valence-corrected chi connectivity index (χ0v) is 18.3. The van der Waals surface area contributed by atoms with Crippen LogP contribution in [0.1, 0.15) is 30.1 Å². The number of nitrogen functional groups attached to an aromatic ring is 1. The van der Waals surface area contributed by atoms with Gasteiger partial charge in [-0.2, -0.15) is 0 Å². The van der Waals surface area contributed by atoms with Gasteiger partial charge in [-0.1, -0.05) is 84.4 Å². The number of aliphatic imine (C=N–C) groups is 2. The quantitative estimate of drug-likeness (QED) is 0.468. The third-order valence-electron chi connectivity index (χ3n) is 5.59. The number of hydrogen-bond acceptors (Lipinski definition) is 4. The van der Waals surface area contributed by atoms with Crippen LogP contribution >= 0.6 is 11.6 Å². The molecule has 158 valence electrons. The molecule has 1 aliphatic carbocycles. The largest absolute Gasteiger partial charge is 0.398 e. The molecular formula is C27H23ClN4. The molecule has 0 spiro atoms. The van der Waals surface area contributed by atoms with E-state index in [1.165, 1.54) is 0 Å². The number of nitrogens with two attached hydrogens (primary N) is 1. The van der Waals surface area contributed by atoms with Crippen LogP contribution in [0.2, 0.25) is 5.02 Å². The summed E-state index contributed by atoms with van der Waals surface area (Å²) in [6.07, 6.45) is 8.29. The summed E-state index contributed by atoms with van der Waals surface area (Å²) in [5.41, 5.74) is 11.9. The molecule has 0 saturated carbocycles. The van der Waals surface area contributed by atoms with Gasteiger partial charge in [0.05, 0.1) is 0 Å². The monoisotopic (exact) mass is 438 g/mol. The van der Waals surface area contributed by atoms with E-state index in [0.717, 1.165) is 52.3 Å². The molecule has 1 unspecified atom stereocenters. The van der Waals surface area contributed by atoms with Gasteiger partial charge >= 0.3 is 0 Å². The smallest absolute Gasteiger partial charge is 0.169 e. The van der Waals surface area contributed by atoms with Crippen LogP contribution in [0.15, 0.2) is 107 Å². The lowest BCUT2D eigenvalue weighted by Gasteiger charge is -2.23. The first kappa shape index (κ1) is 20.3. The fourth-order valence-electron chi connectivity index (χ4n) is 3.89. The first-order chi connectivity index (χ1) is 15.7. The Bertz CT molecular complexity index is 1250. The zero-order chi connectivity index (χ0) is 21.9. The highest BCUT2D eigenvalue weighted by molar-refractivity contribution is 6.31. The van der Waals surface area contributed by atoms with Crippen molar-refractivity contribution in [3.63, 3.8) is 0 Å². The van der Waals surface area contributed by atoms with Gasteiger partial charge in [-0.25, -0.2) is 9.98 Å². The number of anilines is 1. The minimum atomic E-state index is -0.330. The van der Waals surface area contributed by atoms with E-state index < -0.39 is 0 Å². The molecule has 3 N–H and O–H groups in total. The standard InChI is InChI=1S/C27H23ClN4/c28-22-15-16-24(29)23(17-22)18-11-13-21(14-12-18)27-31-25(19-7-3-1-4-8-19)30-26(32-27)20-9-5-2-6-10-20/h1,3-5,7-17,27H,2,6,29H2,(H,30,31,32). The van der Waals surface area contributed by atoms with Crippen molar-refractivity contribution < 1.29 is 0 Å². The summed E-state index contributed by atoms with van der Waals surface area (Å²) < 4.78 is 0. The second kappa shape index (κ2) is 8.85. The summed E-state index contributed by atoms with van der Waals surface area (Å²) in [4.78, 5) is 9.86. The average Bonchev–Trinajstić information content (AvgIpc) is 2.86. The number of benzene rings is 3. The lowest BCUT2D eigenvalue weighted by molar-refractivity contribution is 0.755. The lowest BCUT2D eigenvalue weighted by Crippen LogP contribution is -2.36. The van der Waals surface area contributed by atoms with Crippen LogP contribution in [0.5, 0.6) is 0 Å². The highest BCUT2D eigenvalue weighted by atomic mass is 35.5. The van der Waals surface area contributed by atoms with Gasteiger partial charge in [-0.05, 0) is 42.2 Å². The molecule has 3 aromatic carbocycles. The average molecular weight is 439 g/mol. The SMILES string of the molecule is Nc1ccc(Cl)cc1-c1ccc(C2N=C(C3=CCCC=C3)NC(c3ccccc3)=N2)cc1. The molecule has 1 atom stereocenters. The molecule has 32 heavy (non-hydrogen) atoms. The van der Waals surface area contributed by atoms with Crippen molar-refractivity contribution in [3.05, 3.63) is 113 Å². The van der Waals surface area contributed by atoms with E-state index in [1.807, 2.05) is 42.5 Å². The van der Waals surface area contributed by atoms with Gasteiger partial charge in [0.25, 0.3) is 0 Å². The van der Waals surface area contributed by atoms with Gasteiger partial charge in [0, 0.05) is 27.4 Å². The number of nitrogens with one attached hydrogen (secondary N) is 1. The van der Waals surface area contributed by atoms with Crippen LogP contribution in [-0.2, 0) is 0 Å². The van der Waals surface area contributed by atoms with Gasteiger partial charge in [0.15, 0.2) is 6.17 Å². The molecule has 0 fully saturated rings. The van der Waals surface area contributed by atoms with Crippen LogP contribution < -0.4 is 11.1 Å². The Hall–Kier alpha value is -3.63. The van der Waals surface area contributed by atoms with Gasteiger partial charge in [-0.15, -0.1) is 0 Å². The minimum Gasteiger partial charge on any atom is -0.398 e. The van der Waals surface area contributed by atoms with Crippen LogP contribution in [0.4, 0.5) is 5.69 Å². The Morgan fingerprint density at radius 2 is 1.62 bits per heavy atom. The summed E-state index contributed by atoms with van der Waals surface area (Å²) in [5, 5.41) is 4.10. The summed E-state index contributed by atoms with van der Waals surface area (Å²) in [6, 6.07) is 23.9. The molecule has 4 nitrogen and oxygen atoms in total. The van der Waals surface area contributed by atoms with E-state index >= 15 is 0 Å². The second-order valence-corrected chi connectivity index (χ2v) is 8.25. The molecule has 1 heterocycles. The topological polar surface area (TPSA) is 62.8 Å². The Labute approximate surface area is 192 Å². The Morgan fingerprint density at radius 1 is 0.844 bits per heavy atom. The summed E-state index contributed by atoms with van der Waals surface area (Å²) in [7, 11) is 0. The van der Waals surface area contributed by atoms with Gasteiger partial charge < -0.3 is 11.1 Å². The third kappa shape index (κ3) is 4.23. The number of allylic oxidation sites excluding steroid dienone is 2. The Morgan fingerprint density at radius 3 is 2.38 bits per heavy atom. The first-order valence-electron chi connectivity index (χ1n) is 10.7. The molecule has 5 heteroatoms.